The first kappa shape index (κ1) is 11.1. The highest BCUT2D eigenvalue weighted by molar-refractivity contribution is 5.29. The second kappa shape index (κ2) is 5.06. The van der Waals surface area contributed by atoms with Gasteiger partial charge in [0.25, 0.3) is 0 Å². The number of ether oxygens (including phenoxy) is 1. The van der Waals surface area contributed by atoms with E-state index < -0.39 is 0 Å². The summed E-state index contributed by atoms with van der Waals surface area (Å²) < 4.78 is 6.95. The minimum Gasteiger partial charge on any atom is -0.459 e. The van der Waals surface area contributed by atoms with Gasteiger partial charge >= 0.3 is 6.01 Å². The van der Waals surface area contributed by atoms with Crippen molar-refractivity contribution in [3.05, 3.63) is 31.4 Å². The van der Waals surface area contributed by atoms with Crippen LogP contribution in [0.3, 0.4) is 0 Å². The van der Waals surface area contributed by atoms with Crippen molar-refractivity contribution >= 4 is 5.95 Å². The minimum absolute atomic E-state index is 0.243. The Bertz CT molecular complexity index is 496. The van der Waals surface area contributed by atoms with Gasteiger partial charge in [-0.25, -0.2) is 4.98 Å². The molecule has 0 aliphatic rings. The molecule has 1 N–H and O–H groups in total. The Hall–Kier alpha value is -2.44. The standard InChI is InChI=1S/C10H12N6O/c1-3-6-17-10-14-8(11-2)13-9(15-10)16-5-4-12-7-16/h3-5,7H,1,6H2,2H3,(H,11,13,14,15). The molecular formula is C10H12N6O. The Labute approximate surface area is 98.2 Å². The van der Waals surface area contributed by atoms with E-state index in [1.54, 1.807) is 36.4 Å². The zero-order valence-electron chi connectivity index (χ0n) is 9.37. The van der Waals surface area contributed by atoms with E-state index in [2.05, 4.69) is 31.8 Å². The summed E-state index contributed by atoms with van der Waals surface area (Å²) in [5.74, 6) is 0.878. The van der Waals surface area contributed by atoms with Crippen LogP contribution in [0.2, 0.25) is 0 Å². The molecule has 2 heterocycles. The molecule has 0 unspecified atom stereocenters. The summed E-state index contributed by atoms with van der Waals surface area (Å²) in [4.78, 5) is 16.3. The molecule has 88 valence electrons. The van der Waals surface area contributed by atoms with Gasteiger partial charge < -0.3 is 10.1 Å². The Balaban J connectivity index is 2.35. The van der Waals surface area contributed by atoms with Gasteiger partial charge in [0.15, 0.2) is 0 Å². The Morgan fingerprint density at radius 1 is 1.47 bits per heavy atom. The third-order valence-electron chi connectivity index (χ3n) is 1.89. The molecule has 7 heteroatoms. The van der Waals surface area contributed by atoms with Gasteiger partial charge in [-0.2, -0.15) is 15.0 Å². The van der Waals surface area contributed by atoms with Gasteiger partial charge in [0.05, 0.1) is 0 Å². The minimum atomic E-state index is 0.243. The molecule has 0 amide bonds. The van der Waals surface area contributed by atoms with Gasteiger partial charge in [-0.3, -0.25) is 4.57 Å². The average molecular weight is 232 g/mol. The highest BCUT2D eigenvalue weighted by Crippen LogP contribution is 2.10. The number of imidazole rings is 1. The van der Waals surface area contributed by atoms with E-state index >= 15 is 0 Å². The quantitative estimate of drug-likeness (QED) is 0.763. The third kappa shape index (κ3) is 2.57. The third-order valence-corrected chi connectivity index (χ3v) is 1.89. The molecule has 2 rings (SSSR count). The SMILES string of the molecule is C=CCOc1nc(NC)nc(-n2ccnc2)n1. The summed E-state index contributed by atoms with van der Waals surface area (Å²) in [5, 5.41) is 2.84. The van der Waals surface area contributed by atoms with Crippen molar-refractivity contribution in [2.24, 2.45) is 0 Å². The number of nitrogens with zero attached hydrogens (tertiary/aromatic N) is 5. The van der Waals surface area contributed by atoms with Crippen molar-refractivity contribution in [1.82, 2.24) is 24.5 Å². The average Bonchev–Trinajstić information content (AvgIpc) is 2.89. The lowest BCUT2D eigenvalue weighted by molar-refractivity contribution is 0.332. The van der Waals surface area contributed by atoms with Crippen molar-refractivity contribution in [2.75, 3.05) is 19.0 Å². The molecule has 0 atom stereocenters. The normalized spacial score (nSPS) is 9.94. The number of aromatic nitrogens is 5. The zero-order chi connectivity index (χ0) is 12.1. The van der Waals surface area contributed by atoms with E-state index in [0.717, 1.165) is 0 Å². The molecule has 7 nitrogen and oxygen atoms in total. The highest BCUT2D eigenvalue weighted by atomic mass is 16.5. The first-order valence-corrected chi connectivity index (χ1v) is 4.99. The monoisotopic (exact) mass is 232 g/mol. The number of anilines is 1. The van der Waals surface area contributed by atoms with Gasteiger partial charge in [-0.05, 0) is 0 Å². The molecule has 0 spiro atoms. The van der Waals surface area contributed by atoms with Crippen molar-refractivity contribution < 1.29 is 4.74 Å². The molecule has 0 aliphatic heterocycles. The van der Waals surface area contributed by atoms with Crippen molar-refractivity contribution in [3.63, 3.8) is 0 Å². The zero-order valence-corrected chi connectivity index (χ0v) is 9.37. The number of hydrogen-bond donors (Lipinski definition) is 1. The van der Waals surface area contributed by atoms with Crippen LogP contribution in [0.1, 0.15) is 0 Å². The molecule has 0 bridgehead atoms. The fourth-order valence-corrected chi connectivity index (χ4v) is 1.15. The first-order valence-electron chi connectivity index (χ1n) is 4.99. The molecule has 0 aliphatic carbocycles. The molecule has 0 radical (unpaired) electrons. The van der Waals surface area contributed by atoms with Crippen LogP contribution in [0.25, 0.3) is 5.95 Å². The van der Waals surface area contributed by atoms with E-state index in [-0.39, 0.29) is 6.01 Å². The maximum Gasteiger partial charge on any atom is 0.323 e. The van der Waals surface area contributed by atoms with Crippen LogP contribution in [0.4, 0.5) is 5.95 Å². The lowest BCUT2D eigenvalue weighted by atomic mass is 10.7. The predicted molar refractivity (Wildman–Crippen MR) is 62.2 cm³/mol. The molecule has 2 aromatic heterocycles. The van der Waals surface area contributed by atoms with Crippen LogP contribution >= 0.6 is 0 Å². The van der Waals surface area contributed by atoms with Crippen molar-refractivity contribution in [1.29, 1.82) is 0 Å². The predicted octanol–water partition coefficient (Wildman–Crippen LogP) is 0.664. The van der Waals surface area contributed by atoms with Gasteiger partial charge in [-0.1, -0.05) is 12.7 Å². The molecule has 0 saturated heterocycles. The van der Waals surface area contributed by atoms with Crippen LogP contribution in [0.5, 0.6) is 6.01 Å². The second-order valence-corrected chi connectivity index (χ2v) is 3.06. The first-order chi connectivity index (χ1) is 8.33. The van der Waals surface area contributed by atoms with Crippen LogP contribution < -0.4 is 10.1 Å². The number of nitrogens with one attached hydrogen (secondary N) is 1. The summed E-state index contributed by atoms with van der Waals surface area (Å²) in [5.41, 5.74) is 0. The van der Waals surface area contributed by atoms with E-state index in [0.29, 0.717) is 18.5 Å². The van der Waals surface area contributed by atoms with Gasteiger partial charge in [-0.15, -0.1) is 0 Å². The molecule has 17 heavy (non-hydrogen) atoms. The maximum absolute atomic E-state index is 5.28. The Morgan fingerprint density at radius 2 is 2.35 bits per heavy atom. The van der Waals surface area contributed by atoms with Crippen LogP contribution in [0.15, 0.2) is 31.4 Å². The van der Waals surface area contributed by atoms with E-state index in [1.165, 1.54) is 0 Å². The molecule has 2 aromatic rings. The summed E-state index contributed by atoms with van der Waals surface area (Å²) >= 11 is 0. The summed E-state index contributed by atoms with van der Waals surface area (Å²) in [6.07, 6.45) is 6.62. The molecule has 0 aromatic carbocycles. The Morgan fingerprint density at radius 3 is 3.00 bits per heavy atom. The van der Waals surface area contributed by atoms with Gasteiger partial charge in [0, 0.05) is 19.4 Å². The van der Waals surface area contributed by atoms with Crippen molar-refractivity contribution in [2.45, 2.75) is 0 Å². The number of hydrogen-bond acceptors (Lipinski definition) is 6. The number of rotatable bonds is 5. The topological polar surface area (TPSA) is 77.8 Å². The fourth-order valence-electron chi connectivity index (χ4n) is 1.15. The van der Waals surface area contributed by atoms with Gasteiger partial charge in [0.2, 0.25) is 11.9 Å². The lowest BCUT2D eigenvalue weighted by Gasteiger charge is -2.06. The maximum atomic E-state index is 5.28. The van der Waals surface area contributed by atoms with E-state index in [1.807, 2.05) is 0 Å². The van der Waals surface area contributed by atoms with Crippen LogP contribution in [0, 0.1) is 0 Å². The second-order valence-electron chi connectivity index (χ2n) is 3.06. The van der Waals surface area contributed by atoms with E-state index in [9.17, 15) is 0 Å². The summed E-state index contributed by atoms with van der Waals surface area (Å²) in [7, 11) is 1.73. The Kier molecular flexibility index (Phi) is 3.29. The van der Waals surface area contributed by atoms with Crippen LogP contribution in [-0.4, -0.2) is 38.2 Å². The lowest BCUT2D eigenvalue weighted by Crippen LogP contribution is -2.08. The van der Waals surface area contributed by atoms with Gasteiger partial charge in [0.1, 0.15) is 12.9 Å². The molecular weight excluding hydrogens is 220 g/mol. The highest BCUT2D eigenvalue weighted by Gasteiger charge is 2.07. The molecule has 0 saturated carbocycles. The fraction of sp³-hybridized carbons (Fsp3) is 0.200. The summed E-state index contributed by atoms with van der Waals surface area (Å²) in [6.45, 7) is 3.91. The van der Waals surface area contributed by atoms with Crippen LogP contribution in [-0.2, 0) is 0 Å². The van der Waals surface area contributed by atoms with Crippen molar-refractivity contribution in [3.8, 4) is 12.0 Å². The van der Waals surface area contributed by atoms with E-state index in [4.69, 9.17) is 4.74 Å². The molecule has 0 fully saturated rings. The largest absolute Gasteiger partial charge is 0.459 e. The smallest absolute Gasteiger partial charge is 0.323 e. The summed E-state index contributed by atoms with van der Waals surface area (Å²) in [6, 6.07) is 0.243.